The van der Waals surface area contributed by atoms with Gasteiger partial charge in [-0.25, -0.2) is 0 Å². The third kappa shape index (κ3) is 1.67. The molecule has 3 aliphatic rings. The Morgan fingerprint density at radius 1 is 1.11 bits per heavy atom. The first-order valence-corrected chi connectivity index (χ1v) is 5.95. The normalized spacial score (nSPS) is 34.4. The molecule has 2 heterocycles. The van der Waals surface area contributed by atoms with Crippen LogP contribution in [-0.2, 0) is 23.9 Å². The van der Waals surface area contributed by atoms with Gasteiger partial charge in [0.25, 0.3) is 0 Å². The van der Waals surface area contributed by atoms with E-state index in [0.717, 1.165) is 6.42 Å². The van der Waals surface area contributed by atoms with E-state index in [1.807, 2.05) is 0 Å². The van der Waals surface area contributed by atoms with Gasteiger partial charge in [0.05, 0.1) is 32.0 Å². The van der Waals surface area contributed by atoms with Crippen molar-refractivity contribution in [3.63, 3.8) is 0 Å². The van der Waals surface area contributed by atoms with Gasteiger partial charge in [-0.05, 0) is 12.8 Å². The number of amides is 1. The smallest absolute Gasteiger partial charge is 0.311 e. The minimum Gasteiger partial charge on any atom is -0.469 e. The van der Waals surface area contributed by atoms with Crippen LogP contribution in [-0.4, -0.2) is 50.1 Å². The van der Waals surface area contributed by atoms with E-state index in [1.165, 1.54) is 14.2 Å². The van der Waals surface area contributed by atoms with Crippen LogP contribution in [0.3, 0.4) is 0 Å². The SMILES string of the molecule is COC(=O)[C@@H]1[C@@H](C(=O)OC)[C@@H]2CC[C@H]1C(=O)N2C. The van der Waals surface area contributed by atoms with E-state index in [0.29, 0.717) is 6.42 Å². The van der Waals surface area contributed by atoms with Crippen LogP contribution in [0.2, 0.25) is 0 Å². The number of rotatable bonds is 2. The van der Waals surface area contributed by atoms with Gasteiger partial charge in [0.15, 0.2) is 0 Å². The standard InChI is InChI=1S/C12H17NO5/c1-13-7-5-4-6(10(13)14)8(11(15)17-2)9(7)12(16)18-3/h6-9H,4-5H2,1-3H3/t6-,7+,8+,9+/m1/s1. The monoisotopic (exact) mass is 255 g/mol. The minimum atomic E-state index is -0.704. The van der Waals surface area contributed by atoms with Crippen molar-refractivity contribution in [3.05, 3.63) is 0 Å². The second-order valence-corrected chi connectivity index (χ2v) is 4.80. The maximum Gasteiger partial charge on any atom is 0.311 e. The Balaban J connectivity index is 2.38. The molecule has 2 aliphatic heterocycles. The molecule has 2 saturated heterocycles. The van der Waals surface area contributed by atoms with Crippen molar-refractivity contribution < 1.29 is 23.9 Å². The van der Waals surface area contributed by atoms with Crippen molar-refractivity contribution in [3.8, 4) is 0 Å². The quantitative estimate of drug-likeness (QED) is 0.640. The largest absolute Gasteiger partial charge is 0.469 e. The molecular formula is C12H17NO5. The molecule has 0 aromatic rings. The molecule has 0 unspecified atom stereocenters. The molecule has 0 N–H and O–H groups in total. The Labute approximate surface area is 105 Å². The zero-order valence-corrected chi connectivity index (χ0v) is 10.7. The Morgan fingerprint density at radius 3 is 2.22 bits per heavy atom. The fraction of sp³-hybridized carbons (Fsp3) is 0.750. The van der Waals surface area contributed by atoms with Gasteiger partial charge in [-0.3, -0.25) is 14.4 Å². The molecule has 100 valence electrons. The van der Waals surface area contributed by atoms with Crippen LogP contribution in [0.1, 0.15) is 12.8 Å². The number of hydrogen-bond acceptors (Lipinski definition) is 5. The summed E-state index contributed by atoms with van der Waals surface area (Å²) in [4.78, 5) is 37.3. The molecule has 3 fully saturated rings. The maximum absolute atomic E-state index is 12.0. The number of esters is 2. The minimum absolute atomic E-state index is 0.0817. The summed E-state index contributed by atoms with van der Waals surface area (Å²) >= 11 is 0. The molecule has 6 nitrogen and oxygen atoms in total. The summed E-state index contributed by atoms with van der Waals surface area (Å²) in [5.41, 5.74) is 0. The van der Waals surface area contributed by atoms with Crippen LogP contribution in [0.25, 0.3) is 0 Å². The molecule has 0 aromatic carbocycles. The molecule has 0 aromatic heterocycles. The highest BCUT2D eigenvalue weighted by Gasteiger charge is 2.57. The Kier molecular flexibility index (Phi) is 3.28. The summed E-state index contributed by atoms with van der Waals surface area (Å²) in [5, 5.41) is 0. The van der Waals surface area contributed by atoms with Gasteiger partial charge in [0, 0.05) is 13.1 Å². The van der Waals surface area contributed by atoms with E-state index in [1.54, 1.807) is 11.9 Å². The van der Waals surface area contributed by atoms with E-state index < -0.39 is 29.7 Å². The average molecular weight is 255 g/mol. The number of hydrogen-bond donors (Lipinski definition) is 0. The van der Waals surface area contributed by atoms with Crippen molar-refractivity contribution in [1.82, 2.24) is 4.90 Å². The summed E-state index contributed by atoms with van der Waals surface area (Å²) in [6, 6.07) is -0.265. The highest BCUT2D eigenvalue weighted by Crippen LogP contribution is 2.44. The van der Waals surface area contributed by atoms with Crippen molar-refractivity contribution in [2.45, 2.75) is 18.9 Å². The van der Waals surface area contributed by atoms with Crippen molar-refractivity contribution in [2.75, 3.05) is 21.3 Å². The summed E-state index contributed by atoms with van der Waals surface area (Å²) < 4.78 is 9.50. The summed E-state index contributed by atoms with van der Waals surface area (Å²) in [6.45, 7) is 0. The van der Waals surface area contributed by atoms with Gasteiger partial charge in [-0.15, -0.1) is 0 Å². The zero-order valence-electron chi connectivity index (χ0n) is 10.7. The number of piperidine rings is 2. The Bertz CT molecular complexity index is 394. The fourth-order valence-electron chi connectivity index (χ4n) is 3.22. The van der Waals surface area contributed by atoms with E-state index >= 15 is 0 Å². The van der Waals surface area contributed by atoms with Crippen LogP contribution >= 0.6 is 0 Å². The van der Waals surface area contributed by atoms with E-state index in [4.69, 9.17) is 9.47 Å². The second-order valence-electron chi connectivity index (χ2n) is 4.80. The molecule has 1 saturated carbocycles. The predicted molar refractivity (Wildman–Crippen MR) is 60.3 cm³/mol. The summed E-state index contributed by atoms with van der Waals surface area (Å²) in [5.74, 6) is -2.80. The molecule has 3 rings (SSSR count). The first-order chi connectivity index (χ1) is 8.52. The maximum atomic E-state index is 12.0. The zero-order chi connectivity index (χ0) is 13.4. The van der Waals surface area contributed by atoms with Crippen LogP contribution in [0.5, 0.6) is 0 Å². The first kappa shape index (κ1) is 12.9. The van der Waals surface area contributed by atoms with Gasteiger partial charge in [-0.2, -0.15) is 0 Å². The fourth-order valence-corrected chi connectivity index (χ4v) is 3.22. The highest BCUT2D eigenvalue weighted by molar-refractivity contribution is 5.92. The van der Waals surface area contributed by atoms with E-state index in [-0.39, 0.29) is 11.9 Å². The first-order valence-electron chi connectivity index (χ1n) is 5.95. The number of fused-ring (bicyclic) bond motifs is 3. The number of nitrogens with zero attached hydrogens (tertiary/aromatic N) is 1. The molecule has 6 heteroatoms. The molecule has 0 radical (unpaired) electrons. The Morgan fingerprint density at radius 2 is 1.67 bits per heavy atom. The van der Waals surface area contributed by atoms with Gasteiger partial charge in [0.2, 0.25) is 5.91 Å². The third-order valence-electron chi connectivity index (χ3n) is 4.12. The van der Waals surface area contributed by atoms with Gasteiger partial charge in [0.1, 0.15) is 0 Å². The van der Waals surface area contributed by atoms with Gasteiger partial charge in [-0.1, -0.05) is 0 Å². The van der Waals surface area contributed by atoms with Gasteiger partial charge < -0.3 is 14.4 Å². The van der Waals surface area contributed by atoms with Crippen molar-refractivity contribution >= 4 is 17.8 Å². The molecule has 2 bridgehead atoms. The lowest BCUT2D eigenvalue weighted by atomic mass is 9.64. The van der Waals surface area contributed by atoms with Crippen molar-refractivity contribution in [2.24, 2.45) is 17.8 Å². The second kappa shape index (κ2) is 4.59. The molecule has 18 heavy (non-hydrogen) atoms. The molecular weight excluding hydrogens is 238 g/mol. The van der Waals surface area contributed by atoms with Crippen molar-refractivity contribution in [1.29, 1.82) is 0 Å². The van der Waals surface area contributed by atoms with E-state index in [9.17, 15) is 14.4 Å². The topological polar surface area (TPSA) is 72.9 Å². The summed E-state index contributed by atoms with van der Waals surface area (Å²) in [6.07, 6.45) is 1.35. The number of ether oxygens (including phenoxy) is 2. The van der Waals surface area contributed by atoms with Crippen LogP contribution in [0.4, 0.5) is 0 Å². The Hall–Kier alpha value is -1.59. The lowest BCUT2D eigenvalue weighted by molar-refractivity contribution is -0.180. The molecule has 0 spiro atoms. The molecule has 1 amide bonds. The lowest BCUT2D eigenvalue weighted by Gasteiger charge is -2.49. The van der Waals surface area contributed by atoms with Gasteiger partial charge >= 0.3 is 11.9 Å². The average Bonchev–Trinajstić information content (AvgIpc) is 2.41. The summed E-state index contributed by atoms with van der Waals surface area (Å²) in [7, 11) is 4.23. The van der Waals surface area contributed by atoms with Crippen LogP contribution in [0.15, 0.2) is 0 Å². The lowest BCUT2D eigenvalue weighted by Crippen LogP contribution is -2.63. The third-order valence-corrected chi connectivity index (χ3v) is 4.12. The van der Waals surface area contributed by atoms with E-state index in [2.05, 4.69) is 0 Å². The van der Waals surface area contributed by atoms with Crippen LogP contribution < -0.4 is 0 Å². The molecule has 4 atom stereocenters. The highest BCUT2D eigenvalue weighted by atomic mass is 16.5. The number of carbonyl (C=O) groups is 3. The van der Waals surface area contributed by atoms with Crippen LogP contribution in [0, 0.1) is 17.8 Å². The predicted octanol–water partition coefficient (Wildman–Crippen LogP) is -0.185. The number of methoxy groups -OCH3 is 2. The number of carbonyl (C=O) groups excluding carboxylic acids is 3. The molecule has 1 aliphatic carbocycles.